The van der Waals surface area contributed by atoms with Crippen molar-refractivity contribution in [1.29, 1.82) is 0 Å². The minimum absolute atomic E-state index is 0.0637. The number of Topliss-reactive ketones (excluding diaryl/α,β-unsaturated/α-hetero) is 2. The number of nitrogens with two attached hydrogens (primary N) is 1. The molecule has 6 atom stereocenters. The molecule has 1 amide bonds. The summed E-state index contributed by atoms with van der Waals surface area (Å²) in [6.45, 7) is 1.66. The van der Waals surface area contributed by atoms with Crippen LogP contribution in [0.3, 0.4) is 0 Å². The summed E-state index contributed by atoms with van der Waals surface area (Å²) in [5.41, 5.74) is 1.83. The van der Waals surface area contributed by atoms with E-state index in [0.29, 0.717) is 11.3 Å². The fourth-order valence-electron chi connectivity index (χ4n) is 7.33. The number of fused-ring (bicyclic) bond motifs is 4. The number of phenolic OH excluding ortho intramolecular Hbond substituents is 1. The summed E-state index contributed by atoms with van der Waals surface area (Å²) in [6, 6.07) is 15.1. The molecule has 0 saturated carbocycles. The highest BCUT2D eigenvalue weighted by Gasteiger charge is 2.67. The van der Waals surface area contributed by atoms with Crippen molar-refractivity contribution in [3.8, 4) is 5.75 Å². The Hall–Kier alpha value is -4.82. The van der Waals surface area contributed by atoms with Gasteiger partial charge in [-0.1, -0.05) is 49.4 Å². The highest BCUT2D eigenvalue weighted by Crippen LogP contribution is 2.56. The molecule has 0 heterocycles. The summed E-state index contributed by atoms with van der Waals surface area (Å²) >= 11 is 5.50. The van der Waals surface area contributed by atoms with Gasteiger partial charge >= 0.3 is 0 Å². The number of carbonyl (C=O) groups is 3. The van der Waals surface area contributed by atoms with Crippen LogP contribution < -0.4 is 16.4 Å². The summed E-state index contributed by atoms with van der Waals surface area (Å²) < 4.78 is 0. The molecule has 0 unspecified atom stereocenters. The van der Waals surface area contributed by atoms with Crippen molar-refractivity contribution < 1.29 is 39.9 Å². The molecule has 0 radical (unpaired) electrons. The van der Waals surface area contributed by atoms with Crippen LogP contribution in [0.15, 0.2) is 77.3 Å². The lowest BCUT2D eigenvalue weighted by Gasteiger charge is -2.53. The van der Waals surface area contributed by atoms with E-state index in [1.807, 2.05) is 42.5 Å². The van der Waals surface area contributed by atoms with E-state index >= 15 is 0 Å². The Kier molecular flexibility index (Phi) is 7.40. The van der Waals surface area contributed by atoms with Crippen LogP contribution in [0.25, 0.3) is 10.8 Å². The van der Waals surface area contributed by atoms with Gasteiger partial charge in [-0.2, -0.15) is 0 Å². The normalized spacial score (nSPS) is 27.3. The number of amides is 1. The lowest BCUT2D eigenvalue weighted by atomic mass is 9.55. The molecule has 0 fully saturated rings. The lowest BCUT2D eigenvalue weighted by molar-refractivity contribution is -0.162. The van der Waals surface area contributed by atoms with Gasteiger partial charge in [0.1, 0.15) is 17.1 Å². The van der Waals surface area contributed by atoms with Crippen molar-refractivity contribution in [2.75, 3.05) is 24.7 Å². The molecular weight excluding hydrogens is 612 g/mol. The zero-order valence-corrected chi connectivity index (χ0v) is 25.8. The molecule has 3 aromatic carbocycles. The van der Waals surface area contributed by atoms with Crippen molar-refractivity contribution in [1.82, 2.24) is 4.90 Å². The molecule has 6 rings (SSSR count). The number of carbonyl (C=O) groups excluding carboxylic acids is 3. The minimum Gasteiger partial charge on any atom is -0.510 e. The first-order valence-corrected chi connectivity index (χ1v) is 14.9. The lowest BCUT2D eigenvalue weighted by Crippen LogP contribution is -2.68. The van der Waals surface area contributed by atoms with E-state index < -0.39 is 81.4 Å². The second-order valence-corrected chi connectivity index (χ2v) is 12.5. The van der Waals surface area contributed by atoms with Crippen LogP contribution in [-0.4, -0.2) is 84.9 Å². The average molecular weight is 645 g/mol. The molecule has 3 aromatic rings. The largest absolute Gasteiger partial charge is 0.510 e. The van der Waals surface area contributed by atoms with Crippen molar-refractivity contribution in [3.05, 3.63) is 88.4 Å². The van der Waals surface area contributed by atoms with Gasteiger partial charge < -0.3 is 41.9 Å². The number of benzene rings is 3. The van der Waals surface area contributed by atoms with E-state index in [1.165, 1.54) is 25.1 Å². The van der Waals surface area contributed by atoms with Gasteiger partial charge in [0.2, 0.25) is 5.78 Å². The topological polar surface area (TPSA) is 206 Å². The monoisotopic (exact) mass is 644 g/mol. The Morgan fingerprint density at radius 3 is 2.30 bits per heavy atom. The van der Waals surface area contributed by atoms with Gasteiger partial charge in [0.25, 0.3) is 5.91 Å². The Bertz CT molecular complexity index is 1930. The molecular formula is C33H32N4O8S. The van der Waals surface area contributed by atoms with E-state index in [2.05, 4.69) is 10.6 Å². The molecule has 0 spiro atoms. The van der Waals surface area contributed by atoms with Crippen LogP contribution in [0.1, 0.15) is 28.8 Å². The second-order valence-electron chi connectivity index (χ2n) is 12.1. The van der Waals surface area contributed by atoms with Crippen LogP contribution in [-0.2, 0) is 9.59 Å². The molecule has 3 aliphatic rings. The SMILES string of the molecule is C[C@H]1c2ccc(NC(=S)Nc3cccc4ccccc34)c(O)c2C(=O)C2=C(O)[C@]3(O)C(=O)C(C(N)=O)=C(O)[C@@H](N(C)C)[C@@H]3[C@@H](O)[C@@H]21. The minimum atomic E-state index is -2.99. The van der Waals surface area contributed by atoms with E-state index in [-0.39, 0.29) is 16.4 Å². The first-order chi connectivity index (χ1) is 21.7. The Balaban J connectivity index is 1.42. The molecule has 3 aliphatic carbocycles. The van der Waals surface area contributed by atoms with Gasteiger partial charge in [0, 0.05) is 22.6 Å². The zero-order chi connectivity index (χ0) is 33.4. The second kappa shape index (κ2) is 10.9. The number of aliphatic hydroxyl groups excluding tert-OH is 3. The first-order valence-electron chi connectivity index (χ1n) is 14.5. The van der Waals surface area contributed by atoms with E-state index in [0.717, 1.165) is 10.8 Å². The quantitative estimate of drug-likeness (QED) is 0.117. The van der Waals surface area contributed by atoms with Crippen LogP contribution >= 0.6 is 12.2 Å². The Morgan fingerprint density at radius 1 is 0.978 bits per heavy atom. The molecule has 238 valence electrons. The van der Waals surface area contributed by atoms with E-state index in [9.17, 15) is 39.9 Å². The molecule has 46 heavy (non-hydrogen) atoms. The van der Waals surface area contributed by atoms with Crippen molar-refractivity contribution in [3.63, 3.8) is 0 Å². The predicted molar refractivity (Wildman–Crippen MR) is 174 cm³/mol. The number of nitrogens with zero attached hydrogens (tertiary/aromatic N) is 1. The Labute approximate surface area is 268 Å². The highest BCUT2D eigenvalue weighted by atomic mass is 32.1. The highest BCUT2D eigenvalue weighted by molar-refractivity contribution is 7.80. The van der Waals surface area contributed by atoms with Crippen LogP contribution in [0.4, 0.5) is 11.4 Å². The predicted octanol–water partition coefficient (Wildman–Crippen LogP) is 2.61. The maximum atomic E-state index is 14.1. The summed E-state index contributed by atoms with van der Waals surface area (Å²) in [6.07, 6.45) is -1.67. The third kappa shape index (κ3) is 4.31. The summed E-state index contributed by atoms with van der Waals surface area (Å²) in [7, 11) is 2.96. The number of aliphatic hydroxyl groups is 4. The van der Waals surface area contributed by atoms with Crippen LogP contribution in [0.5, 0.6) is 5.75 Å². The van der Waals surface area contributed by atoms with Crippen LogP contribution in [0, 0.1) is 11.8 Å². The number of phenols is 1. The van der Waals surface area contributed by atoms with Crippen molar-refractivity contribution in [2.24, 2.45) is 17.6 Å². The molecule has 13 heteroatoms. The smallest absolute Gasteiger partial charge is 0.255 e. The van der Waals surface area contributed by atoms with Gasteiger partial charge in [0.15, 0.2) is 22.2 Å². The van der Waals surface area contributed by atoms with Crippen molar-refractivity contribution >= 4 is 57.0 Å². The maximum Gasteiger partial charge on any atom is 0.255 e. The van der Waals surface area contributed by atoms with E-state index in [4.69, 9.17) is 18.0 Å². The number of nitrogens with one attached hydrogen (secondary N) is 2. The molecule has 0 aromatic heterocycles. The van der Waals surface area contributed by atoms with Gasteiger partial charge in [-0.25, -0.2) is 0 Å². The molecule has 0 aliphatic heterocycles. The van der Waals surface area contributed by atoms with Gasteiger partial charge in [0.05, 0.1) is 29.3 Å². The van der Waals surface area contributed by atoms with Gasteiger partial charge in [-0.15, -0.1) is 0 Å². The fraction of sp³-hybridized carbons (Fsp3) is 0.273. The van der Waals surface area contributed by atoms with Crippen molar-refractivity contribution in [2.45, 2.75) is 30.6 Å². The number of likely N-dealkylation sites (N-methyl/N-ethyl adjacent to an activating group) is 1. The van der Waals surface area contributed by atoms with Gasteiger partial charge in [-0.3, -0.25) is 19.3 Å². The summed E-state index contributed by atoms with van der Waals surface area (Å²) in [5, 5.41) is 65.5. The summed E-state index contributed by atoms with van der Waals surface area (Å²) in [4.78, 5) is 41.3. The average Bonchev–Trinajstić information content (AvgIpc) is 3.00. The van der Waals surface area contributed by atoms with E-state index in [1.54, 1.807) is 13.0 Å². The molecule has 9 N–H and O–H groups in total. The molecule has 0 bridgehead atoms. The third-order valence-electron chi connectivity index (χ3n) is 9.42. The standard InChI is InChI=1S/C33H32N4O8S/c1-13-15-11-12-18(36-32(46)35-17-10-6-8-14-7-4-5-9-16(14)17)25(38)20(15)26(39)21-19(13)27(40)23-24(37(2)3)28(41)22(31(34)44)30(43)33(23,45)29(21)42/h4-13,19,23-24,27,38,40-42,45H,1-3H3,(H2,34,44)(H2,35,36,46)/t13-,19+,23+,24-,27-,33-/m0/s1. The Morgan fingerprint density at radius 2 is 1.63 bits per heavy atom. The van der Waals surface area contributed by atoms with Gasteiger partial charge in [-0.05, 0) is 55.3 Å². The third-order valence-corrected chi connectivity index (χ3v) is 9.62. The number of aromatic hydroxyl groups is 1. The number of hydrogen-bond acceptors (Lipinski definition) is 10. The summed E-state index contributed by atoms with van der Waals surface area (Å²) in [5.74, 6) is -9.56. The number of anilines is 2. The maximum absolute atomic E-state index is 14.1. The number of ketones is 2. The molecule has 12 nitrogen and oxygen atoms in total. The number of primary amides is 1. The zero-order valence-electron chi connectivity index (χ0n) is 25.0. The fourth-order valence-corrected chi connectivity index (χ4v) is 7.55. The van der Waals surface area contributed by atoms with Crippen LogP contribution in [0.2, 0.25) is 0 Å². The number of rotatable bonds is 4. The first kappa shape index (κ1) is 31.2. The number of thiocarbonyl (C=S) groups is 1. The molecule has 0 saturated heterocycles. The number of hydrogen-bond donors (Lipinski definition) is 8.